The Hall–Kier alpha value is -3.35. The van der Waals surface area contributed by atoms with E-state index in [1.165, 1.54) is 11.8 Å². The first kappa shape index (κ1) is 19.0. The van der Waals surface area contributed by atoms with Crippen molar-refractivity contribution >= 4 is 18.0 Å². The largest absolute Gasteiger partial charge is 0.479 e. The molecular formula is C22H22N2O5. The maximum absolute atomic E-state index is 12.5. The summed E-state index contributed by atoms with van der Waals surface area (Å²) < 4.78 is 5.46. The van der Waals surface area contributed by atoms with Crippen molar-refractivity contribution in [1.82, 2.24) is 10.2 Å². The van der Waals surface area contributed by atoms with Crippen LogP contribution in [0.15, 0.2) is 48.5 Å². The molecule has 0 aromatic heterocycles. The summed E-state index contributed by atoms with van der Waals surface area (Å²) in [6.45, 7) is 1.70. The van der Waals surface area contributed by atoms with Crippen molar-refractivity contribution in [3.63, 3.8) is 0 Å². The number of carbonyl (C=O) groups excluding carboxylic acids is 2. The fourth-order valence-corrected chi connectivity index (χ4v) is 4.24. The quantitative estimate of drug-likeness (QED) is 0.831. The average Bonchev–Trinajstić information content (AvgIpc) is 3.27. The number of fused-ring (bicyclic) bond motifs is 3. The molecular weight excluding hydrogens is 372 g/mol. The Kier molecular flexibility index (Phi) is 4.74. The van der Waals surface area contributed by atoms with E-state index in [1.807, 2.05) is 48.5 Å². The zero-order valence-electron chi connectivity index (χ0n) is 16.1. The molecule has 150 valence electrons. The number of aliphatic carboxylic acids is 1. The molecule has 1 atom stereocenters. The van der Waals surface area contributed by atoms with E-state index in [4.69, 9.17) is 4.74 Å². The third kappa shape index (κ3) is 3.33. The van der Waals surface area contributed by atoms with Crippen molar-refractivity contribution in [2.45, 2.75) is 24.8 Å². The first-order chi connectivity index (χ1) is 13.9. The first-order valence-electron chi connectivity index (χ1n) is 9.53. The smallest absolute Gasteiger partial charge is 0.408 e. The third-order valence-electron chi connectivity index (χ3n) is 5.81. The molecule has 2 amide bonds. The first-order valence-corrected chi connectivity index (χ1v) is 9.53. The van der Waals surface area contributed by atoms with Crippen LogP contribution in [0.1, 0.15) is 30.4 Å². The normalized spacial score (nSPS) is 20.1. The minimum Gasteiger partial charge on any atom is -0.479 e. The monoisotopic (exact) mass is 394 g/mol. The number of hydrogen-bond donors (Lipinski definition) is 2. The molecule has 0 spiro atoms. The van der Waals surface area contributed by atoms with Gasteiger partial charge < -0.3 is 20.1 Å². The highest BCUT2D eigenvalue weighted by Crippen LogP contribution is 2.44. The number of hydrogen-bond acceptors (Lipinski definition) is 4. The fraction of sp³-hybridized carbons (Fsp3) is 0.318. The number of carboxylic acids is 1. The summed E-state index contributed by atoms with van der Waals surface area (Å²) in [6, 6.07) is 16.0. The highest BCUT2D eigenvalue weighted by molar-refractivity contribution is 5.87. The minimum atomic E-state index is -1.52. The maximum Gasteiger partial charge on any atom is 0.408 e. The molecule has 1 unspecified atom stereocenters. The van der Waals surface area contributed by atoms with E-state index in [0.717, 1.165) is 22.3 Å². The molecule has 1 aliphatic carbocycles. The lowest BCUT2D eigenvalue weighted by atomic mass is 9.98. The molecule has 0 radical (unpaired) electrons. The summed E-state index contributed by atoms with van der Waals surface area (Å²) in [6.07, 6.45) is -0.647. The molecule has 29 heavy (non-hydrogen) atoms. The van der Waals surface area contributed by atoms with Gasteiger partial charge in [-0.05, 0) is 22.3 Å². The fourth-order valence-electron chi connectivity index (χ4n) is 4.24. The van der Waals surface area contributed by atoms with Crippen LogP contribution in [0.3, 0.4) is 0 Å². The highest BCUT2D eigenvalue weighted by Gasteiger charge is 2.47. The van der Waals surface area contributed by atoms with Crippen molar-refractivity contribution < 1.29 is 24.2 Å². The molecule has 7 heteroatoms. The molecule has 0 bridgehead atoms. The van der Waals surface area contributed by atoms with Gasteiger partial charge in [-0.2, -0.15) is 0 Å². The molecule has 2 aromatic rings. The number of carbonyl (C=O) groups is 3. The van der Waals surface area contributed by atoms with Gasteiger partial charge in [-0.1, -0.05) is 48.5 Å². The number of rotatable bonds is 4. The zero-order valence-corrected chi connectivity index (χ0v) is 16.1. The van der Waals surface area contributed by atoms with E-state index in [9.17, 15) is 19.5 Å². The van der Waals surface area contributed by atoms with Gasteiger partial charge in [-0.15, -0.1) is 0 Å². The van der Waals surface area contributed by atoms with Crippen molar-refractivity contribution in [2.24, 2.45) is 0 Å². The summed E-state index contributed by atoms with van der Waals surface area (Å²) in [5, 5.41) is 12.1. The standard InChI is InChI=1S/C22H22N2O5/c1-14(25)24-11-10-22(13-24,20(26)27)23-21(28)29-12-19-17-8-4-2-6-15(17)16-7-3-5-9-18(16)19/h2-9,19H,10-13H2,1H3,(H,23,28)(H,26,27). The van der Waals surface area contributed by atoms with E-state index in [2.05, 4.69) is 5.32 Å². The van der Waals surface area contributed by atoms with E-state index < -0.39 is 17.6 Å². The number of amides is 2. The van der Waals surface area contributed by atoms with Crippen LogP contribution in [-0.2, 0) is 14.3 Å². The van der Waals surface area contributed by atoms with Crippen LogP contribution in [-0.4, -0.2) is 53.2 Å². The maximum atomic E-state index is 12.5. The van der Waals surface area contributed by atoms with Crippen LogP contribution in [0.25, 0.3) is 11.1 Å². The number of nitrogens with zero attached hydrogens (tertiary/aromatic N) is 1. The second-order valence-electron chi connectivity index (χ2n) is 7.53. The molecule has 2 aliphatic rings. The van der Waals surface area contributed by atoms with Gasteiger partial charge in [0, 0.05) is 25.8 Å². The zero-order chi connectivity index (χ0) is 20.6. The van der Waals surface area contributed by atoms with Crippen LogP contribution in [0.4, 0.5) is 4.79 Å². The lowest BCUT2D eigenvalue weighted by Gasteiger charge is -2.26. The summed E-state index contributed by atoms with van der Waals surface area (Å²) >= 11 is 0. The average molecular weight is 394 g/mol. The van der Waals surface area contributed by atoms with Gasteiger partial charge in [-0.25, -0.2) is 9.59 Å². The lowest BCUT2D eigenvalue weighted by molar-refractivity contribution is -0.144. The topological polar surface area (TPSA) is 95.9 Å². The van der Waals surface area contributed by atoms with Gasteiger partial charge in [0.15, 0.2) is 5.54 Å². The van der Waals surface area contributed by atoms with E-state index in [0.29, 0.717) is 0 Å². The molecule has 7 nitrogen and oxygen atoms in total. The summed E-state index contributed by atoms with van der Waals surface area (Å²) in [4.78, 5) is 37.3. The van der Waals surface area contributed by atoms with Gasteiger partial charge in [0.2, 0.25) is 5.91 Å². The third-order valence-corrected chi connectivity index (χ3v) is 5.81. The predicted molar refractivity (Wildman–Crippen MR) is 105 cm³/mol. The second kappa shape index (κ2) is 7.24. The molecule has 1 aliphatic heterocycles. The molecule has 2 N–H and O–H groups in total. The van der Waals surface area contributed by atoms with Crippen molar-refractivity contribution in [3.05, 3.63) is 59.7 Å². The molecule has 2 aromatic carbocycles. The van der Waals surface area contributed by atoms with Crippen LogP contribution in [0.5, 0.6) is 0 Å². The van der Waals surface area contributed by atoms with Gasteiger partial charge >= 0.3 is 12.1 Å². The van der Waals surface area contributed by atoms with Gasteiger partial charge in [0.1, 0.15) is 6.61 Å². The van der Waals surface area contributed by atoms with E-state index in [1.54, 1.807) is 0 Å². The van der Waals surface area contributed by atoms with Gasteiger partial charge in [0.25, 0.3) is 0 Å². The number of ether oxygens (including phenoxy) is 1. The molecule has 4 rings (SSSR count). The number of likely N-dealkylation sites (tertiary alicyclic amines) is 1. The van der Waals surface area contributed by atoms with Crippen LogP contribution in [0, 0.1) is 0 Å². The summed E-state index contributed by atoms with van der Waals surface area (Å²) in [5.41, 5.74) is 2.88. The van der Waals surface area contributed by atoms with Gasteiger partial charge in [0.05, 0.1) is 6.54 Å². The number of nitrogens with one attached hydrogen (secondary N) is 1. The second-order valence-corrected chi connectivity index (χ2v) is 7.53. The molecule has 1 heterocycles. The minimum absolute atomic E-state index is 0.0676. The Bertz CT molecular complexity index is 943. The van der Waals surface area contributed by atoms with Crippen molar-refractivity contribution in [3.8, 4) is 11.1 Å². The highest BCUT2D eigenvalue weighted by atomic mass is 16.5. The van der Waals surface area contributed by atoms with Crippen LogP contribution < -0.4 is 5.32 Å². The molecule has 0 saturated carbocycles. The van der Waals surface area contributed by atoms with Crippen molar-refractivity contribution in [1.29, 1.82) is 0 Å². The van der Waals surface area contributed by atoms with E-state index >= 15 is 0 Å². The Morgan fingerprint density at radius 2 is 1.69 bits per heavy atom. The van der Waals surface area contributed by atoms with Gasteiger partial charge in [-0.3, -0.25) is 4.79 Å². The Morgan fingerprint density at radius 3 is 2.21 bits per heavy atom. The molecule has 1 saturated heterocycles. The SMILES string of the molecule is CC(=O)N1CCC(NC(=O)OCC2c3ccccc3-c3ccccc32)(C(=O)O)C1. The number of alkyl carbamates (subject to hydrolysis) is 1. The Morgan fingerprint density at radius 1 is 1.10 bits per heavy atom. The number of benzene rings is 2. The summed E-state index contributed by atoms with van der Waals surface area (Å²) in [5.74, 6) is -1.50. The van der Waals surface area contributed by atoms with Crippen LogP contribution in [0.2, 0.25) is 0 Å². The molecule has 1 fully saturated rings. The van der Waals surface area contributed by atoms with Crippen LogP contribution >= 0.6 is 0 Å². The summed E-state index contributed by atoms with van der Waals surface area (Å²) in [7, 11) is 0. The number of carboxylic acid groups (broad SMARTS) is 1. The van der Waals surface area contributed by atoms with E-state index in [-0.39, 0.29) is 37.9 Å². The predicted octanol–water partition coefficient (Wildman–Crippen LogP) is 2.60. The van der Waals surface area contributed by atoms with Crippen molar-refractivity contribution in [2.75, 3.05) is 19.7 Å². The lowest BCUT2D eigenvalue weighted by Crippen LogP contribution is -2.56. The Labute approximate surface area is 168 Å². The Balaban J connectivity index is 1.48.